The van der Waals surface area contributed by atoms with Gasteiger partial charge in [0.15, 0.2) is 11.7 Å². The number of amidine groups is 1. The highest BCUT2D eigenvalue weighted by molar-refractivity contribution is 7.88. The third-order valence-electron chi connectivity index (χ3n) is 2.76. The highest BCUT2D eigenvalue weighted by Gasteiger charge is 2.30. The Morgan fingerprint density at radius 1 is 1.40 bits per heavy atom. The summed E-state index contributed by atoms with van der Waals surface area (Å²) >= 11 is 0. The average molecular weight is 299 g/mol. The van der Waals surface area contributed by atoms with Crippen molar-refractivity contribution in [3.8, 4) is 0 Å². The third kappa shape index (κ3) is 2.97. The van der Waals surface area contributed by atoms with Crippen LogP contribution in [0.15, 0.2) is 41.3 Å². The van der Waals surface area contributed by atoms with Gasteiger partial charge in [0.25, 0.3) is 0 Å². The highest BCUT2D eigenvalue weighted by Crippen LogP contribution is 2.19. The van der Waals surface area contributed by atoms with E-state index in [0.717, 1.165) is 5.56 Å². The van der Waals surface area contributed by atoms with Crippen molar-refractivity contribution < 1.29 is 17.9 Å². The summed E-state index contributed by atoms with van der Waals surface area (Å²) in [5.74, 6) is -1.90. The molecule has 0 radical (unpaired) electrons. The van der Waals surface area contributed by atoms with Crippen LogP contribution in [-0.4, -0.2) is 30.0 Å². The number of rotatable bonds is 3. The van der Waals surface area contributed by atoms with E-state index in [-0.39, 0.29) is 5.75 Å². The largest absolute Gasteiger partial charge is 0.381 e. The number of benzene rings is 1. The average Bonchev–Trinajstić information content (AvgIpc) is 2.36. The Kier molecular flexibility index (Phi) is 3.78. The lowest BCUT2D eigenvalue weighted by molar-refractivity contribution is 0.0948. The van der Waals surface area contributed by atoms with E-state index in [2.05, 4.69) is 4.99 Å². The molecular weight excluding hydrogens is 285 g/mol. The second-order valence-electron chi connectivity index (χ2n) is 4.41. The van der Waals surface area contributed by atoms with Gasteiger partial charge >= 0.3 is 0 Å². The SMILES string of the molecule is Cc1ccc(CS(=O)(=O)N2C=C(F)C(N)=NC2O)cc1. The number of aliphatic hydroxyl groups is 1. The first-order chi connectivity index (χ1) is 9.29. The molecule has 1 aromatic carbocycles. The smallest absolute Gasteiger partial charge is 0.242 e. The van der Waals surface area contributed by atoms with Gasteiger partial charge in [0.1, 0.15) is 0 Å². The summed E-state index contributed by atoms with van der Waals surface area (Å²) in [6, 6.07) is 6.84. The minimum absolute atomic E-state index is 0.371. The number of aryl methyl sites for hydroxylation is 1. The van der Waals surface area contributed by atoms with Crippen LogP contribution in [0, 0.1) is 6.92 Å². The van der Waals surface area contributed by atoms with E-state index in [1.54, 1.807) is 24.3 Å². The van der Waals surface area contributed by atoms with E-state index < -0.39 is 28.0 Å². The van der Waals surface area contributed by atoms with Gasteiger partial charge in [0.05, 0.1) is 12.0 Å². The summed E-state index contributed by atoms with van der Waals surface area (Å²) in [6.45, 7) is 1.88. The molecule has 1 aliphatic heterocycles. The Morgan fingerprint density at radius 3 is 2.60 bits per heavy atom. The van der Waals surface area contributed by atoms with Gasteiger partial charge in [0.2, 0.25) is 16.4 Å². The molecule has 0 spiro atoms. The molecule has 1 atom stereocenters. The molecule has 0 bridgehead atoms. The number of sulfonamides is 1. The summed E-state index contributed by atoms with van der Waals surface area (Å²) < 4.78 is 38.1. The molecule has 2 rings (SSSR count). The molecule has 8 heteroatoms. The van der Waals surface area contributed by atoms with Crippen LogP contribution in [0.25, 0.3) is 0 Å². The molecule has 1 heterocycles. The van der Waals surface area contributed by atoms with E-state index in [0.29, 0.717) is 16.1 Å². The zero-order valence-electron chi connectivity index (χ0n) is 10.7. The molecule has 0 saturated heterocycles. The van der Waals surface area contributed by atoms with Gasteiger partial charge in [0, 0.05) is 0 Å². The third-order valence-corrected chi connectivity index (χ3v) is 4.39. The first kappa shape index (κ1) is 14.5. The second kappa shape index (κ2) is 5.22. The molecular formula is C12H14FN3O3S. The minimum Gasteiger partial charge on any atom is -0.381 e. The maximum absolute atomic E-state index is 13.3. The molecule has 108 valence electrons. The number of hydrogen-bond donors (Lipinski definition) is 2. The summed E-state index contributed by atoms with van der Waals surface area (Å²) in [5.41, 5.74) is 6.69. The van der Waals surface area contributed by atoms with Crippen molar-refractivity contribution in [2.45, 2.75) is 19.0 Å². The Balaban J connectivity index is 2.25. The van der Waals surface area contributed by atoms with Crippen molar-refractivity contribution >= 4 is 15.9 Å². The van der Waals surface area contributed by atoms with Gasteiger partial charge in [-0.05, 0) is 12.5 Å². The minimum atomic E-state index is -3.95. The molecule has 0 amide bonds. The van der Waals surface area contributed by atoms with Crippen molar-refractivity contribution in [3.05, 3.63) is 47.4 Å². The predicted octanol–water partition coefficient (Wildman–Crippen LogP) is 0.584. The van der Waals surface area contributed by atoms with Crippen LogP contribution in [0.3, 0.4) is 0 Å². The zero-order valence-corrected chi connectivity index (χ0v) is 11.5. The summed E-state index contributed by atoms with van der Waals surface area (Å²) in [7, 11) is -3.95. The summed E-state index contributed by atoms with van der Waals surface area (Å²) in [4.78, 5) is 3.32. The van der Waals surface area contributed by atoms with Crippen LogP contribution in [-0.2, 0) is 15.8 Å². The second-order valence-corrected chi connectivity index (χ2v) is 6.28. The van der Waals surface area contributed by atoms with Crippen molar-refractivity contribution in [3.63, 3.8) is 0 Å². The van der Waals surface area contributed by atoms with Crippen LogP contribution >= 0.6 is 0 Å². The number of nitrogens with two attached hydrogens (primary N) is 1. The monoisotopic (exact) mass is 299 g/mol. The molecule has 3 N–H and O–H groups in total. The van der Waals surface area contributed by atoms with E-state index in [1.807, 2.05) is 6.92 Å². The summed E-state index contributed by atoms with van der Waals surface area (Å²) in [5, 5.41) is 9.58. The molecule has 1 aromatic rings. The van der Waals surface area contributed by atoms with Crippen molar-refractivity contribution in [2.24, 2.45) is 10.7 Å². The van der Waals surface area contributed by atoms with Gasteiger partial charge in [-0.2, -0.15) is 0 Å². The van der Waals surface area contributed by atoms with E-state index in [4.69, 9.17) is 5.73 Å². The lowest BCUT2D eigenvalue weighted by atomic mass is 10.2. The maximum atomic E-state index is 13.3. The number of aliphatic imine (C=N–C) groups is 1. The Bertz CT molecular complexity index is 668. The molecule has 0 aromatic heterocycles. The Labute approximate surface area is 116 Å². The standard InChI is InChI=1S/C12H14FN3O3S/c1-8-2-4-9(5-3-8)7-20(18,19)16-6-10(13)11(14)15-12(16)17/h2-6,12,17H,7H2,1H3,(H2,14,15). The first-order valence-electron chi connectivity index (χ1n) is 5.75. The predicted molar refractivity (Wildman–Crippen MR) is 72.5 cm³/mol. The molecule has 0 aliphatic carbocycles. The van der Waals surface area contributed by atoms with Crippen LogP contribution in [0.5, 0.6) is 0 Å². The topological polar surface area (TPSA) is 96.0 Å². The fourth-order valence-electron chi connectivity index (χ4n) is 1.68. The molecule has 20 heavy (non-hydrogen) atoms. The van der Waals surface area contributed by atoms with Gasteiger partial charge in [-0.25, -0.2) is 22.1 Å². The quantitative estimate of drug-likeness (QED) is 0.853. The number of hydrogen-bond acceptors (Lipinski definition) is 5. The lowest BCUT2D eigenvalue weighted by Crippen LogP contribution is -2.40. The fraction of sp³-hybridized carbons (Fsp3) is 0.250. The zero-order chi connectivity index (χ0) is 14.9. The normalized spacial score (nSPS) is 19.6. The number of nitrogens with zero attached hydrogens (tertiary/aromatic N) is 2. The fourth-order valence-corrected chi connectivity index (χ4v) is 3.03. The Morgan fingerprint density at radius 2 is 2.00 bits per heavy atom. The molecule has 0 saturated carbocycles. The molecule has 1 unspecified atom stereocenters. The molecule has 0 fully saturated rings. The highest BCUT2D eigenvalue weighted by atomic mass is 32.2. The van der Waals surface area contributed by atoms with Crippen molar-refractivity contribution in [1.82, 2.24) is 4.31 Å². The van der Waals surface area contributed by atoms with Crippen molar-refractivity contribution in [1.29, 1.82) is 0 Å². The molecule has 1 aliphatic rings. The summed E-state index contributed by atoms with van der Waals surface area (Å²) in [6.07, 6.45) is -1.11. The van der Waals surface area contributed by atoms with Crippen LogP contribution in [0.4, 0.5) is 4.39 Å². The van der Waals surface area contributed by atoms with Gasteiger partial charge in [-0.1, -0.05) is 29.8 Å². The van der Waals surface area contributed by atoms with Gasteiger partial charge in [-0.15, -0.1) is 0 Å². The number of aliphatic hydroxyl groups excluding tert-OH is 1. The Hall–Kier alpha value is -1.93. The van der Waals surface area contributed by atoms with E-state index in [1.165, 1.54) is 0 Å². The van der Waals surface area contributed by atoms with E-state index in [9.17, 15) is 17.9 Å². The van der Waals surface area contributed by atoms with Gasteiger partial charge < -0.3 is 10.8 Å². The molecule has 6 nitrogen and oxygen atoms in total. The van der Waals surface area contributed by atoms with Crippen LogP contribution < -0.4 is 5.73 Å². The van der Waals surface area contributed by atoms with Crippen LogP contribution in [0.2, 0.25) is 0 Å². The lowest BCUT2D eigenvalue weighted by Gasteiger charge is -2.26. The van der Waals surface area contributed by atoms with Crippen LogP contribution in [0.1, 0.15) is 11.1 Å². The van der Waals surface area contributed by atoms with E-state index >= 15 is 0 Å². The van der Waals surface area contributed by atoms with Crippen molar-refractivity contribution in [2.75, 3.05) is 0 Å². The first-order valence-corrected chi connectivity index (χ1v) is 7.36. The number of halogens is 1. The maximum Gasteiger partial charge on any atom is 0.242 e. The van der Waals surface area contributed by atoms with Gasteiger partial charge in [-0.3, -0.25) is 0 Å².